The van der Waals surface area contributed by atoms with Gasteiger partial charge in [-0.15, -0.1) is 0 Å². The summed E-state index contributed by atoms with van der Waals surface area (Å²) in [7, 11) is -3.79. The van der Waals surface area contributed by atoms with Crippen LogP contribution in [0.4, 0.5) is 0 Å². The summed E-state index contributed by atoms with van der Waals surface area (Å²) in [5.74, 6) is 1.60. The number of hydrogen-bond acceptors (Lipinski definition) is 4. The Balaban J connectivity index is 1.50. The van der Waals surface area contributed by atoms with Crippen LogP contribution in [0.2, 0.25) is 36.3 Å². The Morgan fingerprint density at radius 1 is 0.867 bits per heavy atom. The molecule has 4 nitrogen and oxygen atoms in total. The van der Waals surface area contributed by atoms with Gasteiger partial charge in [-0.25, -0.2) is 0 Å². The summed E-state index contributed by atoms with van der Waals surface area (Å²) in [6.07, 6.45) is 19.5. The van der Waals surface area contributed by atoms with Crippen molar-refractivity contribution >= 4 is 22.6 Å². The number of esters is 1. The highest BCUT2D eigenvalue weighted by molar-refractivity contribution is 6.74. The molecule has 6 atom stereocenters. The summed E-state index contributed by atoms with van der Waals surface area (Å²) in [6.45, 7) is 28.9. The molecular weight excluding hydrogens is 589 g/mol. The molecule has 0 saturated heterocycles. The third-order valence-corrected chi connectivity index (χ3v) is 22.6. The molecule has 0 unspecified atom stereocenters. The molecule has 6 heteroatoms. The average molecular weight is 659 g/mol. The van der Waals surface area contributed by atoms with Crippen LogP contribution in [0.25, 0.3) is 0 Å². The number of carbonyl (C=O) groups excluding carboxylic acids is 1. The van der Waals surface area contributed by atoms with E-state index in [1.165, 1.54) is 56.9 Å². The fourth-order valence-electron chi connectivity index (χ4n) is 8.63. The SMILES string of the molecule is C[C@H](C(=O)OCC1CCCC1)[C@H]1CC[C@H]2C(=CC=C3C[C@@H](O[Si](C)(C)C(C)(C)C)C[C@H](O[Si](C)(C)C(C)(C)C)C3)CCC[C@]12C. The van der Waals surface area contributed by atoms with Gasteiger partial charge in [0.2, 0.25) is 0 Å². The van der Waals surface area contributed by atoms with Crippen LogP contribution >= 0.6 is 0 Å². The lowest BCUT2D eigenvalue weighted by Gasteiger charge is -2.45. The molecule has 45 heavy (non-hydrogen) atoms. The third-order valence-electron chi connectivity index (χ3n) is 13.5. The minimum absolute atomic E-state index is 0.0149. The molecular formula is C39H70O4Si2. The Labute approximate surface area is 280 Å². The van der Waals surface area contributed by atoms with E-state index in [4.69, 9.17) is 13.6 Å². The van der Waals surface area contributed by atoms with Gasteiger partial charge in [0.1, 0.15) is 0 Å². The predicted molar refractivity (Wildman–Crippen MR) is 194 cm³/mol. The lowest BCUT2D eigenvalue weighted by atomic mass is 9.61. The van der Waals surface area contributed by atoms with Crippen molar-refractivity contribution in [2.24, 2.45) is 29.1 Å². The van der Waals surface area contributed by atoms with Gasteiger partial charge in [-0.3, -0.25) is 4.79 Å². The predicted octanol–water partition coefficient (Wildman–Crippen LogP) is 11.4. The molecule has 0 N–H and O–H groups in total. The van der Waals surface area contributed by atoms with Gasteiger partial charge in [0, 0.05) is 0 Å². The van der Waals surface area contributed by atoms with E-state index in [9.17, 15) is 4.79 Å². The maximum Gasteiger partial charge on any atom is 0.308 e. The first-order valence-corrected chi connectivity index (χ1v) is 24.5. The lowest BCUT2D eigenvalue weighted by molar-refractivity contribution is -0.153. The second-order valence-corrected chi connectivity index (χ2v) is 28.4. The van der Waals surface area contributed by atoms with E-state index in [2.05, 4.69) is 93.7 Å². The van der Waals surface area contributed by atoms with E-state index in [0.717, 1.165) is 25.7 Å². The van der Waals surface area contributed by atoms with Gasteiger partial charge < -0.3 is 13.6 Å². The van der Waals surface area contributed by atoms with Gasteiger partial charge >= 0.3 is 5.97 Å². The molecule has 0 aliphatic heterocycles. The van der Waals surface area contributed by atoms with Crippen LogP contribution in [0.5, 0.6) is 0 Å². The zero-order valence-corrected chi connectivity index (χ0v) is 33.4. The number of allylic oxidation sites excluding steroid dienone is 3. The fraction of sp³-hybridized carbons (Fsp3) is 0.872. The fourth-order valence-corrected chi connectivity index (χ4v) is 11.4. The van der Waals surface area contributed by atoms with Crippen LogP contribution in [-0.2, 0) is 18.4 Å². The van der Waals surface area contributed by atoms with Gasteiger partial charge in [0.05, 0.1) is 24.7 Å². The Bertz CT molecular complexity index is 1050. The van der Waals surface area contributed by atoms with E-state index in [-0.39, 0.29) is 39.6 Å². The number of ether oxygens (including phenoxy) is 1. The number of fused-ring (bicyclic) bond motifs is 1. The van der Waals surface area contributed by atoms with Gasteiger partial charge in [-0.2, -0.15) is 0 Å². The summed E-state index contributed by atoms with van der Waals surface area (Å²) < 4.78 is 20.1. The molecule has 0 aromatic rings. The van der Waals surface area contributed by atoms with Crippen LogP contribution in [0.15, 0.2) is 23.3 Å². The highest BCUT2D eigenvalue weighted by Gasteiger charge is 2.52. The van der Waals surface area contributed by atoms with E-state index < -0.39 is 16.6 Å². The van der Waals surface area contributed by atoms with Gasteiger partial charge in [0.15, 0.2) is 16.6 Å². The molecule has 4 saturated carbocycles. The second-order valence-electron chi connectivity index (χ2n) is 18.9. The van der Waals surface area contributed by atoms with Crippen molar-refractivity contribution in [2.45, 2.75) is 181 Å². The molecule has 258 valence electrons. The van der Waals surface area contributed by atoms with Crippen LogP contribution in [0, 0.1) is 29.1 Å². The normalized spacial score (nSPS) is 32.1. The summed E-state index contributed by atoms with van der Waals surface area (Å²) in [4.78, 5) is 13.2. The second kappa shape index (κ2) is 14.0. The first kappa shape index (κ1) is 37.1. The Kier molecular flexibility index (Phi) is 11.6. The first-order chi connectivity index (χ1) is 20.7. The zero-order chi connectivity index (χ0) is 33.4. The molecule has 0 aromatic heterocycles. The molecule has 0 heterocycles. The smallest absolute Gasteiger partial charge is 0.308 e. The molecule has 4 aliphatic rings. The molecule has 4 aliphatic carbocycles. The van der Waals surface area contributed by atoms with Crippen LogP contribution in [0.1, 0.15) is 132 Å². The Hall–Kier alpha value is -0.696. The Morgan fingerprint density at radius 3 is 1.96 bits per heavy atom. The van der Waals surface area contributed by atoms with Crippen LogP contribution in [0.3, 0.4) is 0 Å². The largest absolute Gasteiger partial charge is 0.465 e. The highest BCUT2D eigenvalue weighted by Crippen LogP contribution is 2.59. The van der Waals surface area contributed by atoms with E-state index in [1.807, 2.05) is 0 Å². The van der Waals surface area contributed by atoms with E-state index in [1.54, 1.807) is 5.57 Å². The topological polar surface area (TPSA) is 44.8 Å². The van der Waals surface area contributed by atoms with Crippen molar-refractivity contribution < 1.29 is 18.4 Å². The maximum atomic E-state index is 13.2. The van der Waals surface area contributed by atoms with Crippen LogP contribution < -0.4 is 0 Å². The molecule has 0 aromatic carbocycles. The van der Waals surface area contributed by atoms with Gasteiger partial charge in [-0.05, 0) is 124 Å². The standard InChI is InChI=1S/C39H70O4Si2/c1-28(36(40)41-27-29-16-13-14-17-29)34-21-22-35-31(18-15-23-39(34,35)8)20-19-30-24-32(42-44(9,10)37(2,3)4)26-33(25-30)43-45(11,12)38(5,6)7/h19-20,28-29,32-35H,13-18,21-27H2,1-12H3/t28-,32+,33+,34+,35-,39+/m0/s1. The summed E-state index contributed by atoms with van der Waals surface area (Å²) in [5, 5.41) is 0.384. The zero-order valence-electron chi connectivity index (χ0n) is 31.4. The molecule has 4 fully saturated rings. The minimum Gasteiger partial charge on any atom is -0.465 e. The van der Waals surface area contributed by atoms with Gasteiger partial charge in [0.25, 0.3) is 0 Å². The molecule has 0 bridgehead atoms. The number of carbonyl (C=O) groups is 1. The lowest BCUT2D eigenvalue weighted by Crippen LogP contribution is -2.48. The van der Waals surface area contributed by atoms with Crippen molar-refractivity contribution in [1.29, 1.82) is 0 Å². The van der Waals surface area contributed by atoms with E-state index in [0.29, 0.717) is 24.4 Å². The van der Waals surface area contributed by atoms with Crippen molar-refractivity contribution in [3.8, 4) is 0 Å². The first-order valence-electron chi connectivity index (χ1n) is 18.6. The molecule has 0 spiro atoms. The molecule has 0 radical (unpaired) electrons. The average Bonchev–Trinajstić information content (AvgIpc) is 3.55. The highest BCUT2D eigenvalue weighted by atomic mass is 28.4. The Morgan fingerprint density at radius 2 is 1.42 bits per heavy atom. The summed E-state index contributed by atoms with van der Waals surface area (Å²) >= 11 is 0. The van der Waals surface area contributed by atoms with Crippen molar-refractivity contribution in [2.75, 3.05) is 6.61 Å². The minimum atomic E-state index is -1.90. The quantitative estimate of drug-likeness (QED) is 0.183. The van der Waals surface area contributed by atoms with Crippen molar-refractivity contribution in [3.63, 3.8) is 0 Å². The van der Waals surface area contributed by atoms with Crippen molar-refractivity contribution in [1.82, 2.24) is 0 Å². The molecule has 4 rings (SSSR count). The van der Waals surface area contributed by atoms with E-state index >= 15 is 0 Å². The van der Waals surface area contributed by atoms with Crippen molar-refractivity contribution in [3.05, 3.63) is 23.3 Å². The molecule has 0 amide bonds. The maximum absolute atomic E-state index is 13.2. The van der Waals surface area contributed by atoms with Crippen LogP contribution in [-0.4, -0.2) is 41.4 Å². The summed E-state index contributed by atoms with van der Waals surface area (Å²) in [6, 6.07) is 0. The monoisotopic (exact) mass is 658 g/mol. The number of hydrogen-bond donors (Lipinski definition) is 0. The summed E-state index contributed by atoms with van der Waals surface area (Å²) in [5.41, 5.74) is 3.29. The third kappa shape index (κ3) is 8.67. The number of rotatable bonds is 9. The van der Waals surface area contributed by atoms with Gasteiger partial charge in [-0.1, -0.05) is 91.5 Å².